The van der Waals surface area contributed by atoms with E-state index in [0.717, 1.165) is 18.2 Å². The minimum absolute atomic E-state index is 0.227. The highest BCUT2D eigenvalue weighted by Crippen LogP contribution is 2.46. The minimum atomic E-state index is -1.95. The number of benzene rings is 1. The van der Waals surface area contributed by atoms with E-state index in [1.807, 2.05) is 13.8 Å². The molecule has 2 N–H and O–H groups in total. The summed E-state index contributed by atoms with van der Waals surface area (Å²) in [4.78, 5) is 23.9. The third-order valence-corrected chi connectivity index (χ3v) is 5.21. The largest absolute Gasteiger partial charge is 0.480 e. The summed E-state index contributed by atoms with van der Waals surface area (Å²) in [6, 6.07) is 1.49. The van der Waals surface area contributed by atoms with Gasteiger partial charge in [-0.05, 0) is 25.0 Å². The molecule has 0 unspecified atom stereocenters. The van der Waals surface area contributed by atoms with Crippen molar-refractivity contribution in [3.05, 3.63) is 35.4 Å². The lowest BCUT2D eigenvalue weighted by Crippen LogP contribution is -2.51. The lowest BCUT2D eigenvalue weighted by Gasteiger charge is -2.39. The number of alkyl halides is 3. The van der Waals surface area contributed by atoms with Crippen molar-refractivity contribution in [3.63, 3.8) is 0 Å². The van der Waals surface area contributed by atoms with Gasteiger partial charge >= 0.3 is 12.1 Å². The lowest BCUT2D eigenvalue weighted by molar-refractivity contribution is -0.139. The maximum Gasteiger partial charge on any atom is 0.408 e. The van der Waals surface area contributed by atoms with Gasteiger partial charge in [-0.25, -0.2) is 18.4 Å². The molecule has 158 valence electrons. The van der Waals surface area contributed by atoms with Gasteiger partial charge in [0.1, 0.15) is 17.7 Å². The second kappa shape index (κ2) is 10.5. The van der Waals surface area contributed by atoms with Gasteiger partial charge in [0.25, 0.3) is 0 Å². The highest BCUT2D eigenvalue weighted by molar-refractivity contribution is 6.68. The van der Waals surface area contributed by atoms with Crippen molar-refractivity contribution in [3.8, 4) is 0 Å². The van der Waals surface area contributed by atoms with Crippen LogP contribution in [0.4, 0.5) is 13.6 Å². The number of amides is 1. The average molecular weight is 461 g/mol. The second-order valence-corrected chi connectivity index (χ2v) is 8.60. The number of carbonyl (C=O) groups is 2. The Labute approximate surface area is 177 Å². The normalized spacial score (nSPS) is 13.1. The molecule has 0 aromatic heterocycles. The van der Waals surface area contributed by atoms with Crippen molar-refractivity contribution in [2.45, 2.75) is 61.4 Å². The van der Waals surface area contributed by atoms with Crippen LogP contribution >= 0.6 is 34.8 Å². The molecule has 0 saturated heterocycles. The van der Waals surface area contributed by atoms with E-state index in [0.29, 0.717) is 12.8 Å². The second-order valence-electron chi connectivity index (χ2n) is 6.32. The molecule has 1 aromatic rings. The third-order valence-electron chi connectivity index (χ3n) is 4.17. The Morgan fingerprint density at radius 2 is 1.64 bits per heavy atom. The van der Waals surface area contributed by atoms with Crippen LogP contribution in [-0.4, -0.2) is 32.6 Å². The van der Waals surface area contributed by atoms with Crippen LogP contribution in [0.3, 0.4) is 0 Å². The fourth-order valence-corrected chi connectivity index (χ4v) is 3.54. The van der Waals surface area contributed by atoms with E-state index >= 15 is 0 Å². The van der Waals surface area contributed by atoms with Gasteiger partial charge < -0.3 is 15.2 Å². The Morgan fingerprint density at radius 3 is 2.04 bits per heavy atom. The summed E-state index contributed by atoms with van der Waals surface area (Å²) in [5.74, 6) is -3.34. The van der Waals surface area contributed by atoms with Gasteiger partial charge in [-0.15, -0.1) is 0 Å². The van der Waals surface area contributed by atoms with Gasteiger partial charge in [0.05, 0.1) is 0 Å². The van der Waals surface area contributed by atoms with Crippen LogP contribution in [0.5, 0.6) is 0 Å². The van der Waals surface area contributed by atoms with E-state index in [1.54, 1.807) is 0 Å². The first-order valence-corrected chi connectivity index (χ1v) is 9.82. The molecule has 0 saturated carbocycles. The number of carboxylic acids is 1. The molecular formula is C18H22Cl3F2NO4. The van der Waals surface area contributed by atoms with Gasteiger partial charge in [0.15, 0.2) is 5.60 Å². The monoisotopic (exact) mass is 459 g/mol. The van der Waals surface area contributed by atoms with Crippen molar-refractivity contribution < 1.29 is 28.2 Å². The number of rotatable bonds is 9. The standard InChI is InChI=1S/C18H22Cl3F2NO4/c1-3-8-17(9-4-2,18(19,20)21)28-16(27)24-14(15(25)26)10-11-12(22)6-5-7-13(11)23/h5-7,14H,3-4,8-10H2,1-2H3,(H,24,27)(H,25,26)/t14-/m0/s1. The van der Waals surface area contributed by atoms with Gasteiger partial charge in [-0.3, -0.25) is 0 Å². The van der Waals surface area contributed by atoms with E-state index in [-0.39, 0.29) is 12.8 Å². The highest BCUT2D eigenvalue weighted by atomic mass is 35.6. The molecule has 5 nitrogen and oxygen atoms in total. The summed E-state index contributed by atoms with van der Waals surface area (Å²) in [7, 11) is 0. The molecule has 1 rings (SSSR count). The Balaban J connectivity index is 3.03. The molecular weight excluding hydrogens is 439 g/mol. The van der Waals surface area contributed by atoms with Crippen LogP contribution in [0, 0.1) is 11.6 Å². The topological polar surface area (TPSA) is 75.6 Å². The SMILES string of the molecule is CCCC(CCC)(OC(=O)N[C@@H](Cc1c(F)cccc1F)C(=O)O)C(Cl)(Cl)Cl. The lowest BCUT2D eigenvalue weighted by atomic mass is 9.94. The summed E-state index contributed by atoms with van der Waals surface area (Å²) in [6.07, 6.45) is -0.258. The molecule has 0 heterocycles. The predicted molar refractivity (Wildman–Crippen MR) is 104 cm³/mol. The summed E-state index contributed by atoms with van der Waals surface area (Å²) in [5.41, 5.74) is -1.94. The molecule has 0 fully saturated rings. The summed E-state index contributed by atoms with van der Waals surface area (Å²) in [5, 5.41) is 11.4. The third kappa shape index (κ3) is 6.36. The van der Waals surface area contributed by atoms with Crippen molar-refractivity contribution in [2.75, 3.05) is 0 Å². The molecule has 1 atom stereocenters. The molecule has 10 heteroatoms. The molecule has 0 aliphatic heterocycles. The first kappa shape index (κ1) is 24.7. The molecule has 0 bridgehead atoms. The Hall–Kier alpha value is -1.31. The molecule has 0 aliphatic rings. The van der Waals surface area contributed by atoms with E-state index in [2.05, 4.69) is 5.32 Å². The number of carbonyl (C=O) groups excluding carboxylic acids is 1. The van der Waals surface area contributed by atoms with Crippen molar-refractivity contribution in [1.29, 1.82) is 0 Å². The van der Waals surface area contributed by atoms with Gasteiger partial charge in [-0.1, -0.05) is 67.6 Å². The molecule has 0 radical (unpaired) electrons. The number of nitrogens with one attached hydrogen (secondary N) is 1. The van der Waals surface area contributed by atoms with Crippen LogP contribution in [0.2, 0.25) is 0 Å². The summed E-state index contributed by atoms with van der Waals surface area (Å²) < 4.78 is 31.0. The zero-order valence-corrected chi connectivity index (χ0v) is 17.7. The minimum Gasteiger partial charge on any atom is -0.480 e. The van der Waals surface area contributed by atoms with Crippen LogP contribution < -0.4 is 5.32 Å². The Bertz CT molecular complexity index is 672. The van der Waals surface area contributed by atoms with E-state index < -0.39 is 51.1 Å². The van der Waals surface area contributed by atoms with E-state index in [9.17, 15) is 23.5 Å². The average Bonchev–Trinajstić information content (AvgIpc) is 2.56. The van der Waals surface area contributed by atoms with Crippen LogP contribution in [0.1, 0.15) is 45.1 Å². The van der Waals surface area contributed by atoms with Crippen molar-refractivity contribution >= 4 is 46.9 Å². The van der Waals surface area contributed by atoms with Gasteiger partial charge in [-0.2, -0.15) is 0 Å². The fourth-order valence-electron chi connectivity index (χ4n) is 2.86. The van der Waals surface area contributed by atoms with Crippen LogP contribution in [-0.2, 0) is 16.0 Å². The quantitative estimate of drug-likeness (QED) is 0.484. The van der Waals surface area contributed by atoms with Gasteiger partial charge in [0, 0.05) is 12.0 Å². The summed E-state index contributed by atoms with van der Waals surface area (Å²) in [6.45, 7) is 3.62. The van der Waals surface area contributed by atoms with Crippen molar-refractivity contribution in [1.82, 2.24) is 5.32 Å². The molecule has 1 amide bonds. The first-order valence-electron chi connectivity index (χ1n) is 8.69. The zero-order chi connectivity index (χ0) is 21.5. The fraction of sp³-hybridized carbons (Fsp3) is 0.556. The molecule has 0 spiro atoms. The number of ether oxygens (including phenoxy) is 1. The number of hydrogen-bond donors (Lipinski definition) is 2. The van der Waals surface area contributed by atoms with Crippen LogP contribution in [0.25, 0.3) is 0 Å². The van der Waals surface area contributed by atoms with Gasteiger partial charge in [0.2, 0.25) is 3.79 Å². The van der Waals surface area contributed by atoms with E-state index in [1.165, 1.54) is 0 Å². The predicted octanol–water partition coefficient (Wildman–Crippen LogP) is 5.40. The first-order chi connectivity index (χ1) is 13.0. The maximum atomic E-state index is 13.8. The van der Waals surface area contributed by atoms with E-state index in [4.69, 9.17) is 39.5 Å². The number of aliphatic carboxylic acids is 1. The highest BCUT2D eigenvalue weighted by Gasteiger charge is 2.51. The van der Waals surface area contributed by atoms with Crippen molar-refractivity contribution in [2.24, 2.45) is 0 Å². The zero-order valence-electron chi connectivity index (χ0n) is 15.4. The Morgan fingerprint density at radius 1 is 1.14 bits per heavy atom. The maximum absolute atomic E-state index is 13.8. The number of carboxylic acid groups (broad SMARTS) is 1. The molecule has 1 aromatic carbocycles. The Kier molecular flexibility index (Phi) is 9.24. The number of hydrogen-bond acceptors (Lipinski definition) is 3. The smallest absolute Gasteiger partial charge is 0.408 e. The number of halogens is 5. The molecule has 0 aliphatic carbocycles. The van der Waals surface area contributed by atoms with Crippen LogP contribution in [0.15, 0.2) is 18.2 Å². The number of alkyl carbamates (subject to hydrolysis) is 1. The molecule has 28 heavy (non-hydrogen) atoms. The summed E-state index contributed by atoms with van der Waals surface area (Å²) >= 11 is 18.1.